The Morgan fingerprint density at radius 1 is 1.39 bits per heavy atom. The molecule has 0 unspecified atom stereocenters. The van der Waals surface area contributed by atoms with Crippen LogP contribution in [-0.4, -0.2) is 49.6 Å². The van der Waals surface area contributed by atoms with Gasteiger partial charge in [0.25, 0.3) is 0 Å². The van der Waals surface area contributed by atoms with Gasteiger partial charge in [-0.2, -0.15) is 5.10 Å². The molecule has 0 aliphatic rings. The van der Waals surface area contributed by atoms with Crippen LogP contribution in [0.3, 0.4) is 0 Å². The van der Waals surface area contributed by atoms with Crippen LogP contribution in [0, 0.1) is 13.8 Å². The second kappa shape index (κ2) is 5.07. The Morgan fingerprint density at radius 2 is 1.94 bits per heavy atom. The highest BCUT2D eigenvalue weighted by Gasteiger charge is 2.26. The maximum Gasteiger partial charge on any atom is 0.246 e. The molecule has 1 aromatic heterocycles. The van der Waals surface area contributed by atoms with Crippen molar-refractivity contribution in [3.05, 3.63) is 11.4 Å². The first-order valence-electron chi connectivity index (χ1n) is 5.39. The van der Waals surface area contributed by atoms with Crippen LogP contribution >= 0.6 is 0 Å². The fourth-order valence-corrected chi connectivity index (χ4v) is 2.86. The van der Waals surface area contributed by atoms with E-state index >= 15 is 0 Å². The normalized spacial score (nSPS) is 11.9. The smallest absolute Gasteiger partial charge is 0.246 e. The molecule has 0 bridgehead atoms. The van der Waals surface area contributed by atoms with Crippen molar-refractivity contribution in [1.82, 2.24) is 19.4 Å². The number of carbonyl (C=O) groups excluding carboxylic acids is 1. The molecule has 0 aliphatic heterocycles. The van der Waals surface area contributed by atoms with Crippen molar-refractivity contribution in [2.45, 2.75) is 25.3 Å². The summed E-state index contributed by atoms with van der Waals surface area (Å²) in [6.45, 7) is 3.26. The lowest BCUT2D eigenvalue weighted by molar-refractivity contribution is -0.121. The fraction of sp³-hybridized carbons (Fsp3) is 0.600. The Kier molecular flexibility index (Phi) is 4.12. The van der Waals surface area contributed by atoms with Crippen LogP contribution in [0.5, 0.6) is 0 Å². The summed E-state index contributed by atoms with van der Waals surface area (Å²) in [5.74, 6) is -0.227. The average Bonchev–Trinajstić information content (AvgIpc) is 2.53. The fourth-order valence-electron chi connectivity index (χ4n) is 1.61. The van der Waals surface area contributed by atoms with Crippen LogP contribution < -0.4 is 5.32 Å². The van der Waals surface area contributed by atoms with Crippen molar-refractivity contribution in [1.29, 1.82) is 0 Å². The van der Waals surface area contributed by atoms with Gasteiger partial charge >= 0.3 is 0 Å². The van der Waals surface area contributed by atoms with E-state index in [4.69, 9.17) is 0 Å². The number of sulfonamides is 1. The van der Waals surface area contributed by atoms with Crippen molar-refractivity contribution < 1.29 is 13.2 Å². The highest BCUT2D eigenvalue weighted by Crippen LogP contribution is 2.21. The maximum absolute atomic E-state index is 12.1. The third-order valence-electron chi connectivity index (χ3n) is 2.63. The molecule has 0 spiro atoms. The van der Waals surface area contributed by atoms with Crippen molar-refractivity contribution in [2.24, 2.45) is 0 Å². The van der Waals surface area contributed by atoms with Crippen LogP contribution in [0.4, 0.5) is 0 Å². The molecule has 1 aromatic rings. The third-order valence-corrected chi connectivity index (χ3v) is 4.69. The molecule has 8 heteroatoms. The second-order valence-corrected chi connectivity index (χ2v) is 6.21. The molecule has 1 N–H and O–H groups in total. The van der Waals surface area contributed by atoms with E-state index in [9.17, 15) is 13.2 Å². The average molecular weight is 274 g/mol. The van der Waals surface area contributed by atoms with Crippen LogP contribution in [0.2, 0.25) is 0 Å². The zero-order chi connectivity index (χ0) is 14.1. The zero-order valence-corrected chi connectivity index (χ0v) is 12.0. The lowest BCUT2D eigenvalue weighted by Gasteiger charge is -2.11. The van der Waals surface area contributed by atoms with Crippen LogP contribution in [0.15, 0.2) is 4.90 Å². The lowest BCUT2D eigenvalue weighted by Crippen LogP contribution is -2.25. The molecular weight excluding hydrogens is 256 g/mol. The van der Waals surface area contributed by atoms with Gasteiger partial charge in [0.1, 0.15) is 11.4 Å². The number of hydrogen-bond acceptors (Lipinski definition) is 4. The Morgan fingerprint density at radius 3 is 2.39 bits per heavy atom. The van der Waals surface area contributed by atoms with Gasteiger partial charge in [-0.1, -0.05) is 0 Å². The summed E-state index contributed by atoms with van der Waals surface area (Å²) in [4.78, 5) is 11.5. The standard InChI is InChI=1S/C10H18N4O3S/c1-7-10(18(16,17)13(4)5)8(2)14(12-7)6-9(15)11-3/h6H2,1-5H3,(H,11,15). The minimum atomic E-state index is -3.54. The summed E-state index contributed by atoms with van der Waals surface area (Å²) >= 11 is 0. The molecule has 18 heavy (non-hydrogen) atoms. The predicted octanol–water partition coefficient (Wildman–Crippen LogP) is -0.504. The van der Waals surface area contributed by atoms with E-state index in [1.807, 2.05) is 0 Å². The van der Waals surface area contributed by atoms with Gasteiger partial charge in [0.2, 0.25) is 15.9 Å². The summed E-state index contributed by atoms with van der Waals surface area (Å²) in [5.41, 5.74) is 0.856. The zero-order valence-electron chi connectivity index (χ0n) is 11.2. The minimum Gasteiger partial charge on any atom is -0.358 e. The number of nitrogens with one attached hydrogen (secondary N) is 1. The molecule has 0 aromatic carbocycles. The maximum atomic E-state index is 12.1. The first kappa shape index (κ1) is 14.7. The number of aromatic nitrogens is 2. The molecule has 0 atom stereocenters. The van der Waals surface area contributed by atoms with Gasteiger partial charge in [0.05, 0.1) is 11.4 Å². The lowest BCUT2D eigenvalue weighted by atomic mass is 10.4. The molecule has 7 nitrogen and oxygen atoms in total. The van der Waals surface area contributed by atoms with Gasteiger partial charge in [-0.05, 0) is 13.8 Å². The van der Waals surface area contributed by atoms with Gasteiger partial charge in [0.15, 0.2) is 0 Å². The van der Waals surface area contributed by atoms with Gasteiger partial charge in [-0.3, -0.25) is 9.48 Å². The largest absolute Gasteiger partial charge is 0.358 e. The highest BCUT2D eigenvalue weighted by atomic mass is 32.2. The van der Waals surface area contributed by atoms with E-state index in [0.29, 0.717) is 11.4 Å². The number of aryl methyl sites for hydroxylation is 1. The van der Waals surface area contributed by atoms with Gasteiger partial charge < -0.3 is 5.32 Å². The summed E-state index contributed by atoms with van der Waals surface area (Å²) in [6, 6.07) is 0. The molecule has 0 fully saturated rings. The Balaban J connectivity index is 3.29. The highest BCUT2D eigenvalue weighted by molar-refractivity contribution is 7.89. The number of likely N-dealkylation sites (N-methyl/N-ethyl adjacent to an activating group) is 1. The SMILES string of the molecule is CNC(=O)Cn1nc(C)c(S(=O)(=O)N(C)C)c1C. The molecule has 0 aliphatic carbocycles. The molecule has 1 amide bonds. The third kappa shape index (κ3) is 2.54. The summed E-state index contributed by atoms with van der Waals surface area (Å²) in [6.07, 6.45) is 0. The van der Waals surface area contributed by atoms with Gasteiger partial charge in [0, 0.05) is 21.1 Å². The molecule has 102 valence electrons. The van der Waals surface area contributed by atoms with Crippen LogP contribution in [0.1, 0.15) is 11.4 Å². The van der Waals surface area contributed by atoms with E-state index < -0.39 is 10.0 Å². The van der Waals surface area contributed by atoms with Gasteiger partial charge in [-0.25, -0.2) is 12.7 Å². The Hall–Kier alpha value is -1.41. The first-order valence-corrected chi connectivity index (χ1v) is 6.83. The Bertz CT molecular complexity index is 560. The number of hydrogen-bond donors (Lipinski definition) is 1. The summed E-state index contributed by atoms with van der Waals surface area (Å²) < 4.78 is 26.8. The quantitative estimate of drug-likeness (QED) is 0.802. The number of amides is 1. The molecule has 1 rings (SSSR count). The topological polar surface area (TPSA) is 84.3 Å². The van der Waals surface area contributed by atoms with E-state index in [1.54, 1.807) is 13.8 Å². The second-order valence-electron chi connectivity index (χ2n) is 4.12. The predicted molar refractivity (Wildman–Crippen MR) is 66.6 cm³/mol. The molecular formula is C10H18N4O3S. The number of nitrogens with zero attached hydrogens (tertiary/aromatic N) is 3. The molecule has 0 radical (unpaired) electrons. The van der Waals surface area contributed by atoms with E-state index in [2.05, 4.69) is 10.4 Å². The number of rotatable bonds is 4. The molecule has 0 saturated heterocycles. The van der Waals surface area contributed by atoms with Crippen molar-refractivity contribution in [2.75, 3.05) is 21.1 Å². The van der Waals surface area contributed by atoms with Crippen LogP contribution in [-0.2, 0) is 21.4 Å². The summed E-state index contributed by atoms with van der Waals surface area (Å²) in [5, 5.41) is 6.57. The van der Waals surface area contributed by atoms with Crippen LogP contribution in [0.25, 0.3) is 0 Å². The van der Waals surface area contributed by atoms with E-state index in [1.165, 1.54) is 25.8 Å². The molecule has 1 heterocycles. The van der Waals surface area contributed by atoms with Crippen molar-refractivity contribution in [3.63, 3.8) is 0 Å². The van der Waals surface area contributed by atoms with Gasteiger partial charge in [-0.15, -0.1) is 0 Å². The van der Waals surface area contributed by atoms with E-state index in [0.717, 1.165) is 4.31 Å². The van der Waals surface area contributed by atoms with Crippen molar-refractivity contribution in [3.8, 4) is 0 Å². The first-order chi connectivity index (χ1) is 8.21. The summed E-state index contributed by atoms with van der Waals surface area (Å²) in [7, 11) is 0.903. The van der Waals surface area contributed by atoms with Crippen molar-refractivity contribution >= 4 is 15.9 Å². The Labute approximate surface area is 107 Å². The van der Waals surface area contributed by atoms with E-state index in [-0.39, 0.29) is 17.3 Å². The number of carbonyl (C=O) groups is 1. The molecule has 0 saturated carbocycles. The minimum absolute atomic E-state index is 0.00607. The monoisotopic (exact) mass is 274 g/mol.